The second kappa shape index (κ2) is 6.83. The zero-order valence-corrected chi connectivity index (χ0v) is 14.4. The number of benzene rings is 1. The van der Waals surface area contributed by atoms with Crippen molar-refractivity contribution in [2.75, 3.05) is 13.6 Å². The number of likely N-dealkylation sites (N-methyl/N-ethyl adjacent to an activating group) is 1. The van der Waals surface area contributed by atoms with Gasteiger partial charge in [0.15, 0.2) is 5.78 Å². The van der Waals surface area contributed by atoms with Crippen LogP contribution in [-0.4, -0.2) is 37.1 Å². The van der Waals surface area contributed by atoms with Crippen LogP contribution in [-0.2, 0) is 16.4 Å². The summed E-state index contributed by atoms with van der Waals surface area (Å²) in [5.41, 5.74) is 1.63. The Kier molecular flexibility index (Phi) is 4.78. The van der Waals surface area contributed by atoms with Crippen LogP contribution in [0.15, 0.2) is 53.7 Å². The quantitative estimate of drug-likeness (QED) is 0.724. The molecule has 126 valence electrons. The van der Waals surface area contributed by atoms with E-state index < -0.39 is 10.0 Å². The highest BCUT2D eigenvalue weighted by Gasteiger charge is 2.30. The molecule has 6 heteroatoms. The highest BCUT2D eigenvalue weighted by Crippen LogP contribution is 2.32. The Morgan fingerprint density at radius 2 is 1.75 bits per heavy atom. The summed E-state index contributed by atoms with van der Waals surface area (Å²) in [6.07, 6.45) is 5.89. The Bertz CT molecular complexity index is 813. The number of nitrogens with zero attached hydrogens (tertiary/aromatic N) is 2. The van der Waals surface area contributed by atoms with Crippen LogP contribution < -0.4 is 0 Å². The third-order valence-electron chi connectivity index (χ3n) is 4.26. The summed E-state index contributed by atoms with van der Waals surface area (Å²) < 4.78 is 26.6. The molecule has 0 N–H and O–H groups in total. The number of ketones is 1. The lowest BCUT2D eigenvalue weighted by Gasteiger charge is -2.17. The van der Waals surface area contributed by atoms with Crippen molar-refractivity contribution in [3.63, 3.8) is 0 Å². The van der Waals surface area contributed by atoms with E-state index in [1.54, 1.807) is 31.6 Å². The van der Waals surface area contributed by atoms with Crippen LogP contribution in [0.4, 0.5) is 0 Å². The number of sulfonamides is 1. The first-order valence-electron chi connectivity index (χ1n) is 7.98. The molecule has 1 fully saturated rings. The van der Waals surface area contributed by atoms with E-state index in [1.807, 2.05) is 12.1 Å². The van der Waals surface area contributed by atoms with Crippen molar-refractivity contribution in [3.05, 3.63) is 59.9 Å². The molecule has 0 saturated heterocycles. The van der Waals surface area contributed by atoms with Crippen molar-refractivity contribution in [1.29, 1.82) is 0 Å². The van der Waals surface area contributed by atoms with Gasteiger partial charge in [0.25, 0.3) is 0 Å². The summed E-state index contributed by atoms with van der Waals surface area (Å²) in [7, 11) is -1.98. The van der Waals surface area contributed by atoms with Crippen molar-refractivity contribution < 1.29 is 13.2 Å². The minimum absolute atomic E-state index is 0.116. The number of hydrogen-bond acceptors (Lipinski definition) is 4. The number of pyridine rings is 1. The van der Waals surface area contributed by atoms with Crippen LogP contribution >= 0.6 is 0 Å². The van der Waals surface area contributed by atoms with Gasteiger partial charge in [0.1, 0.15) is 0 Å². The van der Waals surface area contributed by atoms with E-state index in [9.17, 15) is 13.2 Å². The third-order valence-corrected chi connectivity index (χ3v) is 6.13. The second-order valence-corrected chi connectivity index (χ2v) is 8.14. The molecule has 1 aliphatic carbocycles. The molecule has 0 radical (unpaired) electrons. The van der Waals surface area contributed by atoms with E-state index in [1.165, 1.54) is 16.4 Å². The van der Waals surface area contributed by atoms with Crippen LogP contribution in [0.3, 0.4) is 0 Å². The first kappa shape index (κ1) is 16.8. The molecule has 0 amide bonds. The fraction of sp³-hybridized carbons (Fsp3) is 0.333. The summed E-state index contributed by atoms with van der Waals surface area (Å²) in [5, 5.41) is 0. The van der Waals surface area contributed by atoms with Gasteiger partial charge in [-0.25, -0.2) is 12.7 Å². The zero-order chi connectivity index (χ0) is 17.2. The topological polar surface area (TPSA) is 67.3 Å². The highest BCUT2D eigenvalue weighted by molar-refractivity contribution is 7.89. The summed E-state index contributed by atoms with van der Waals surface area (Å²) in [6, 6.07) is 10.0. The average Bonchev–Trinajstić information content (AvgIpc) is 3.45. The van der Waals surface area contributed by atoms with Crippen LogP contribution in [0.1, 0.15) is 28.8 Å². The van der Waals surface area contributed by atoms with E-state index >= 15 is 0 Å². The lowest BCUT2D eigenvalue weighted by Crippen LogP contribution is -2.29. The minimum Gasteiger partial charge on any atom is -0.294 e. The second-order valence-electron chi connectivity index (χ2n) is 6.09. The molecule has 0 atom stereocenters. The van der Waals surface area contributed by atoms with E-state index in [4.69, 9.17) is 0 Å². The molecule has 1 aromatic carbocycles. The van der Waals surface area contributed by atoms with E-state index in [2.05, 4.69) is 4.98 Å². The monoisotopic (exact) mass is 344 g/mol. The van der Waals surface area contributed by atoms with Gasteiger partial charge in [-0.2, -0.15) is 0 Å². The van der Waals surface area contributed by atoms with Gasteiger partial charge < -0.3 is 0 Å². The van der Waals surface area contributed by atoms with Crippen LogP contribution in [0.2, 0.25) is 0 Å². The predicted molar refractivity (Wildman–Crippen MR) is 91.3 cm³/mol. The number of aromatic nitrogens is 1. The lowest BCUT2D eigenvalue weighted by atomic mass is 10.1. The molecule has 0 bridgehead atoms. The lowest BCUT2D eigenvalue weighted by molar-refractivity contribution is 0.0967. The largest absolute Gasteiger partial charge is 0.294 e. The van der Waals surface area contributed by atoms with Crippen molar-refractivity contribution in [2.24, 2.45) is 5.92 Å². The van der Waals surface area contributed by atoms with Gasteiger partial charge in [0.05, 0.1) is 4.90 Å². The SMILES string of the molecule is CN(CCc1ccncc1)S(=O)(=O)c1ccc(C(=O)C2CC2)cc1. The fourth-order valence-corrected chi connectivity index (χ4v) is 3.68. The van der Waals surface area contributed by atoms with E-state index in [0.29, 0.717) is 18.5 Å². The van der Waals surface area contributed by atoms with Crippen LogP contribution in [0, 0.1) is 5.92 Å². The molecular weight excluding hydrogens is 324 g/mol. The molecule has 3 rings (SSSR count). The van der Waals surface area contributed by atoms with Crippen molar-refractivity contribution in [1.82, 2.24) is 9.29 Å². The summed E-state index contributed by atoms with van der Waals surface area (Å²) in [5.74, 6) is 0.250. The molecule has 1 heterocycles. The van der Waals surface area contributed by atoms with Gasteiger partial charge in [-0.05, 0) is 49.1 Å². The molecule has 1 saturated carbocycles. The molecule has 1 aromatic heterocycles. The molecule has 0 aliphatic heterocycles. The first-order chi connectivity index (χ1) is 11.5. The van der Waals surface area contributed by atoms with Crippen LogP contribution in [0.5, 0.6) is 0 Å². The highest BCUT2D eigenvalue weighted by atomic mass is 32.2. The van der Waals surface area contributed by atoms with Gasteiger partial charge in [0, 0.05) is 37.5 Å². The third kappa shape index (κ3) is 3.71. The van der Waals surface area contributed by atoms with Crippen molar-refractivity contribution >= 4 is 15.8 Å². The van der Waals surface area contributed by atoms with Gasteiger partial charge in [-0.1, -0.05) is 12.1 Å². The van der Waals surface area contributed by atoms with Gasteiger partial charge in [0.2, 0.25) is 10.0 Å². The molecule has 1 aliphatic rings. The Balaban J connectivity index is 1.68. The number of carbonyl (C=O) groups excluding carboxylic acids is 1. The number of carbonyl (C=O) groups is 1. The van der Waals surface area contributed by atoms with Crippen molar-refractivity contribution in [3.8, 4) is 0 Å². The Morgan fingerprint density at radius 1 is 1.12 bits per heavy atom. The molecule has 0 unspecified atom stereocenters. The molecule has 5 nitrogen and oxygen atoms in total. The number of rotatable bonds is 7. The first-order valence-corrected chi connectivity index (χ1v) is 9.42. The van der Waals surface area contributed by atoms with Gasteiger partial charge >= 0.3 is 0 Å². The minimum atomic E-state index is -3.55. The Labute approximate surface area is 142 Å². The Hall–Kier alpha value is -2.05. The molecule has 24 heavy (non-hydrogen) atoms. The molecular formula is C18H20N2O3S. The van der Waals surface area contributed by atoms with E-state index in [0.717, 1.165) is 18.4 Å². The zero-order valence-electron chi connectivity index (χ0n) is 13.6. The maximum atomic E-state index is 12.6. The maximum absolute atomic E-state index is 12.6. The average molecular weight is 344 g/mol. The summed E-state index contributed by atoms with van der Waals surface area (Å²) in [6.45, 7) is 0.384. The Morgan fingerprint density at radius 3 is 2.33 bits per heavy atom. The smallest absolute Gasteiger partial charge is 0.242 e. The van der Waals surface area contributed by atoms with Crippen molar-refractivity contribution in [2.45, 2.75) is 24.2 Å². The standard InChI is InChI=1S/C18H20N2O3S/c1-20(13-10-14-8-11-19-12-9-14)24(22,23)17-6-4-16(5-7-17)18(21)15-2-3-15/h4-9,11-12,15H,2-3,10,13H2,1H3. The summed E-state index contributed by atoms with van der Waals surface area (Å²) in [4.78, 5) is 16.2. The van der Waals surface area contributed by atoms with Gasteiger partial charge in [-0.3, -0.25) is 9.78 Å². The fourth-order valence-electron chi connectivity index (χ4n) is 2.51. The van der Waals surface area contributed by atoms with E-state index in [-0.39, 0.29) is 16.6 Å². The maximum Gasteiger partial charge on any atom is 0.242 e. The normalized spacial score (nSPS) is 14.8. The molecule has 0 spiro atoms. The van der Waals surface area contributed by atoms with Crippen LogP contribution in [0.25, 0.3) is 0 Å². The van der Waals surface area contributed by atoms with Gasteiger partial charge in [-0.15, -0.1) is 0 Å². The number of hydrogen-bond donors (Lipinski definition) is 0. The number of Topliss-reactive ketones (excluding diaryl/α,β-unsaturated/α-hetero) is 1. The molecule has 2 aromatic rings. The predicted octanol–water partition coefficient (Wildman–Crippen LogP) is 2.54. The summed E-state index contributed by atoms with van der Waals surface area (Å²) >= 11 is 0.